The van der Waals surface area contributed by atoms with Gasteiger partial charge in [0.25, 0.3) is 11.1 Å². The van der Waals surface area contributed by atoms with Gasteiger partial charge in [-0.3, -0.25) is 19.3 Å². The lowest BCUT2D eigenvalue weighted by molar-refractivity contribution is -0.127. The van der Waals surface area contributed by atoms with Crippen molar-refractivity contribution in [2.75, 3.05) is 18.5 Å². The molecule has 1 heterocycles. The van der Waals surface area contributed by atoms with Crippen molar-refractivity contribution in [3.63, 3.8) is 0 Å². The molecule has 12 heteroatoms. The molecule has 0 aliphatic carbocycles. The van der Waals surface area contributed by atoms with Crippen LogP contribution in [0.15, 0.2) is 59.5 Å². The number of ether oxygens (including phenoxy) is 2. The molecule has 0 saturated carbocycles. The van der Waals surface area contributed by atoms with E-state index in [1.807, 2.05) is 6.92 Å². The van der Waals surface area contributed by atoms with Crippen molar-refractivity contribution < 1.29 is 23.9 Å². The number of carbonyl (C=O) groups excluding carboxylic acids is 3. The van der Waals surface area contributed by atoms with Crippen LogP contribution in [0.5, 0.6) is 11.5 Å². The second kappa shape index (κ2) is 13.3. The van der Waals surface area contributed by atoms with Crippen LogP contribution in [0.1, 0.15) is 18.1 Å². The predicted molar refractivity (Wildman–Crippen MR) is 164 cm³/mol. The minimum Gasteiger partial charge on any atom is -0.490 e. The van der Waals surface area contributed by atoms with Gasteiger partial charge in [-0.25, -0.2) is 0 Å². The standard InChI is InChI=1S/C27H20Cl3IN2O5S/c1-2-37-22-10-15(9-20(31)25(22)38-14-16-7-8-17(28)12-19(16)30)11-23-26(35)33(27(36)39-23)13-24(34)32-21-6-4-3-5-18(21)29/h3-12H,2,13-14H2,1H3,(H,32,34)/b23-11+. The van der Waals surface area contributed by atoms with E-state index >= 15 is 0 Å². The molecule has 1 aliphatic heterocycles. The predicted octanol–water partition coefficient (Wildman–Crippen LogP) is 7.90. The zero-order valence-electron chi connectivity index (χ0n) is 20.3. The fourth-order valence-corrected chi connectivity index (χ4v) is 5.81. The van der Waals surface area contributed by atoms with E-state index in [1.165, 1.54) is 0 Å². The molecule has 3 aromatic carbocycles. The zero-order chi connectivity index (χ0) is 28.1. The van der Waals surface area contributed by atoms with Crippen LogP contribution in [0.2, 0.25) is 15.1 Å². The summed E-state index contributed by atoms with van der Waals surface area (Å²) in [5.41, 5.74) is 1.78. The third-order valence-corrected chi connectivity index (χ3v) is 7.97. The minimum absolute atomic E-state index is 0.186. The number of imide groups is 1. The number of halogens is 4. The number of rotatable bonds is 9. The average molecular weight is 718 g/mol. The van der Waals surface area contributed by atoms with Gasteiger partial charge in [0, 0.05) is 15.6 Å². The Balaban J connectivity index is 1.50. The van der Waals surface area contributed by atoms with Crippen LogP contribution in [0, 0.1) is 3.57 Å². The Bertz CT molecular complexity index is 1480. The number of thioether (sulfide) groups is 1. The topological polar surface area (TPSA) is 84.9 Å². The molecule has 1 fully saturated rings. The van der Waals surface area contributed by atoms with Crippen molar-refractivity contribution in [2.24, 2.45) is 0 Å². The molecule has 3 aromatic rings. The van der Waals surface area contributed by atoms with Crippen LogP contribution in [0.25, 0.3) is 6.08 Å². The van der Waals surface area contributed by atoms with Crippen molar-refractivity contribution in [3.05, 3.63) is 89.3 Å². The Morgan fingerprint density at radius 3 is 2.54 bits per heavy atom. The van der Waals surface area contributed by atoms with Crippen LogP contribution in [0.4, 0.5) is 10.5 Å². The number of benzene rings is 3. The summed E-state index contributed by atoms with van der Waals surface area (Å²) in [7, 11) is 0. The summed E-state index contributed by atoms with van der Waals surface area (Å²) in [4.78, 5) is 39.1. The van der Waals surface area contributed by atoms with Crippen LogP contribution in [-0.2, 0) is 16.2 Å². The third kappa shape index (κ3) is 7.40. The molecule has 1 saturated heterocycles. The number of nitrogens with zero attached hydrogens (tertiary/aromatic N) is 1. The molecule has 0 bridgehead atoms. The largest absolute Gasteiger partial charge is 0.490 e. The van der Waals surface area contributed by atoms with Gasteiger partial charge in [-0.15, -0.1) is 0 Å². The van der Waals surface area contributed by atoms with E-state index in [0.29, 0.717) is 44.4 Å². The first-order valence-electron chi connectivity index (χ1n) is 11.5. The van der Waals surface area contributed by atoms with Gasteiger partial charge in [-0.05, 0) is 89.3 Å². The molecule has 202 valence electrons. The van der Waals surface area contributed by atoms with Crippen molar-refractivity contribution in [1.29, 1.82) is 0 Å². The fourth-order valence-electron chi connectivity index (χ4n) is 3.55. The third-order valence-electron chi connectivity index (χ3n) is 5.34. The molecule has 4 rings (SSSR count). The minimum atomic E-state index is -0.565. The van der Waals surface area contributed by atoms with Gasteiger partial charge in [0.2, 0.25) is 5.91 Å². The van der Waals surface area contributed by atoms with Crippen molar-refractivity contribution in [3.8, 4) is 11.5 Å². The lowest BCUT2D eigenvalue weighted by atomic mass is 10.1. The maximum absolute atomic E-state index is 13.0. The molecular formula is C27H20Cl3IN2O5S. The summed E-state index contributed by atoms with van der Waals surface area (Å²) in [6.45, 7) is 1.99. The van der Waals surface area contributed by atoms with E-state index in [9.17, 15) is 14.4 Å². The summed E-state index contributed by atoms with van der Waals surface area (Å²) in [6, 6.07) is 15.4. The number of nitrogens with one attached hydrogen (secondary N) is 1. The number of carbonyl (C=O) groups is 3. The number of hydrogen-bond acceptors (Lipinski definition) is 6. The Morgan fingerprint density at radius 1 is 1.05 bits per heavy atom. The molecule has 1 aliphatic rings. The smallest absolute Gasteiger partial charge is 0.294 e. The molecule has 1 N–H and O–H groups in total. The number of hydrogen-bond donors (Lipinski definition) is 1. The summed E-state index contributed by atoms with van der Waals surface area (Å²) >= 11 is 21.2. The quantitative estimate of drug-likeness (QED) is 0.179. The Hall–Kier alpha value is -2.44. The second-order valence-electron chi connectivity index (χ2n) is 8.08. The highest BCUT2D eigenvalue weighted by atomic mass is 127. The molecule has 0 aromatic heterocycles. The van der Waals surface area contributed by atoms with Gasteiger partial charge in [-0.2, -0.15) is 0 Å². The molecular weight excluding hydrogens is 698 g/mol. The van der Waals surface area contributed by atoms with E-state index in [1.54, 1.807) is 60.7 Å². The van der Waals surface area contributed by atoms with Crippen molar-refractivity contribution in [2.45, 2.75) is 13.5 Å². The number of anilines is 1. The summed E-state index contributed by atoms with van der Waals surface area (Å²) in [6.07, 6.45) is 1.58. The van der Waals surface area contributed by atoms with E-state index in [-0.39, 0.29) is 11.5 Å². The Morgan fingerprint density at radius 2 is 1.82 bits per heavy atom. The second-order valence-corrected chi connectivity index (χ2v) is 11.5. The first kappa shape index (κ1) is 29.5. The van der Waals surface area contributed by atoms with Gasteiger partial charge in [-0.1, -0.05) is 53.0 Å². The zero-order valence-corrected chi connectivity index (χ0v) is 25.5. The van der Waals surface area contributed by atoms with Crippen LogP contribution in [0.3, 0.4) is 0 Å². The van der Waals surface area contributed by atoms with Crippen molar-refractivity contribution in [1.82, 2.24) is 4.90 Å². The molecule has 39 heavy (non-hydrogen) atoms. The van der Waals surface area contributed by atoms with Gasteiger partial charge in [0.1, 0.15) is 13.2 Å². The highest BCUT2D eigenvalue weighted by Gasteiger charge is 2.36. The summed E-state index contributed by atoms with van der Waals surface area (Å²) in [5.74, 6) is -0.115. The summed E-state index contributed by atoms with van der Waals surface area (Å²) in [5, 5.41) is 3.44. The van der Waals surface area contributed by atoms with Crippen LogP contribution in [-0.4, -0.2) is 35.1 Å². The van der Waals surface area contributed by atoms with Gasteiger partial charge in [0.05, 0.1) is 25.8 Å². The number of para-hydroxylation sites is 1. The van der Waals surface area contributed by atoms with Crippen LogP contribution < -0.4 is 14.8 Å². The molecule has 0 spiro atoms. The van der Waals surface area contributed by atoms with Crippen molar-refractivity contribution >= 4 is 98.0 Å². The molecule has 0 unspecified atom stereocenters. The molecule has 0 atom stereocenters. The Kier molecular flexibility index (Phi) is 10.1. The summed E-state index contributed by atoms with van der Waals surface area (Å²) < 4.78 is 12.6. The maximum atomic E-state index is 13.0. The lowest BCUT2D eigenvalue weighted by Crippen LogP contribution is -2.36. The number of amides is 3. The highest BCUT2D eigenvalue weighted by molar-refractivity contribution is 14.1. The maximum Gasteiger partial charge on any atom is 0.294 e. The van der Waals surface area contributed by atoms with Gasteiger partial charge >= 0.3 is 0 Å². The fraction of sp³-hybridized carbons (Fsp3) is 0.148. The average Bonchev–Trinajstić information content (AvgIpc) is 3.13. The van der Waals surface area contributed by atoms with E-state index in [4.69, 9.17) is 44.3 Å². The SMILES string of the molecule is CCOc1cc(/C=C2/SC(=O)N(CC(=O)Nc3ccccc3Cl)C2=O)cc(I)c1OCc1ccc(Cl)cc1Cl. The molecule has 0 radical (unpaired) electrons. The molecule has 7 nitrogen and oxygen atoms in total. The van der Waals surface area contributed by atoms with Gasteiger partial charge in [0.15, 0.2) is 11.5 Å². The first-order valence-corrected chi connectivity index (χ1v) is 14.5. The van der Waals surface area contributed by atoms with E-state index < -0.39 is 23.6 Å². The normalized spacial score (nSPS) is 14.2. The Labute approximate surface area is 257 Å². The van der Waals surface area contributed by atoms with E-state index in [0.717, 1.165) is 25.8 Å². The first-order chi connectivity index (χ1) is 18.7. The molecule has 3 amide bonds. The van der Waals surface area contributed by atoms with E-state index in [2.05, 4.69) is 27.9 Å². The van der Waals surface area contributed by atoms with Gasteiger partial charge < -0.3 is 14.8 Å². The highest BCUT2D eigenvalue weighted by Crippen LogP contribution is 2.38. The monoisotopic (exact) mass is 716 g/mol. The van der Waals surface area contributed by atoms with Crippen LogP contribution >= 0.6 is 69.2 Å². The lowest BCUT2D eigenvalue weighted by Gasteiger charge is -2.15.